The molecule has 0 aliphatic heterocycles. The Bertz CT molecular complexity index is 2860. The number of hydrogen-bond donors (Lipinski definition) is 0. The average Bonchev–Trinajstić information content (AvgIpc) is 3.82. The molecule has 0 aliphatic carbocycles. The Morgan fingerprint density at radius 3 is 1.62 bits per heavy atom. The third-order valence-electron chi connectivity index (χ3n) is 9.92. The van der Waals surface area contributed by atoms with Gasteiger partial charge >= 0.3 is 0 Å². The van der Waals surface area contributed by atoms with Gasteiger partial charge in [-0.2, -0.15) is 0 Å². The number of hydrogen-bond acceptors (Lipinski definition) is 4. The number of fused-ring (bicyclic) bond motifs is 4. The first-order chi connectivity index (χ1) is 26.2. The summed E-state index contributed by atoms with van der Waals surface area (Å²) < 4.78 is 8.67. The van der Waals surface area contributed by atoms with Crippen LogP contribution in [0.3, 0.4) is 0 Å². The molecule has 4 heteroatoms. The molecule has 250 valence electrons. The van der Waals surface area contributed by atoms with Gasteiger partial charge in [0, 0.05) is 42.7 Å². The quantitative estimate of drug-likeness (QED) is 0.166. The third-order valence-corrected chi connectivity index (χ3v) is 11.0. The molecule has 53 heavy (non-hydrogen) atoms. The highest BCUT2D eigenvalue weighted by molar-refractivity contribution is 7.25. The highest BCUT2D eigenvalue weighted by Gasteiger charge is 2.19. The van der Waals surface area contributed by atoms with Gasteiger partial charge < -0.3 is 9.32 Å². The van der Waals surface area contributed by atoms with Crippen molar-refractivity contribution >= 4 is 59.7 Å². The topological polar surface area (TPSA) is 29.3 Å². The van der Waals surface area contributed by atoms with Gasteiger partial charge in [-0.1, -0.05) is 140 Å². The van der Waals surface area contributed by atoms with Crippen LogP contribution in [-0.4, -0.2) is 4.98 Å². The van der Waals surface area contributed by atoms with E-state index in [-0.39, 0.29) is 0 Å². The Morgan fingerprint density at radius 1 is 0.415 bits per heavy atom. The summed E-state index contributed by atoms with van der Waals surface area (Å²) in [6.07, 6.45) is 0. The fraction of sp³-hybridized carbons (Fsp3) is 0. The van der Waals surface area contributed by atoms with Crippen molar-refractivity contribution in [2.75, 3.05) is 4.90 Å². The minimum Gasteiger partial charge on any atom is -0.436 e. The lowest BCUT2D eigenvalue weighted by molar-refractivity contribution is 0.620. The van der Waals surface area contributed by atoms with Crippen LogP contribution in [0.15, 0.2) is 199 Å². The summed E-state index contributed by atoms with van der Waals surface area (Å²) >= 11 is 1.79. The van der Waals surface area contributed by atoms with Gasteiger partial charge in [0.25, 0.3) is 0 Å². The minimum absolute atomic E-state index is 0.646. The Hall–Kier alpha value is -6.75. The fourth-order valence-electron chi connectivity index (χ4n) is 7.28. The summed E-state index contributed by atoms with van der Waals surface area (Å²) in [6.45, 7) is 0. The highest BCUT2D eigenvalue weighted by Crippen LogP contribution is 2.45. The highest BCUT2D eigenvalue weighted by atomic mass is 32.1. The van der Waals surface area contributed by atoms with Crippen molar-refractivity contribution in [3.8, 4) is 44.8 Å². The van der Waals surface area contributed by atoms with E-state index in [1.165, 1.54) is 53.6 Å². The minimum atomic E-state index is 0.646. The first-order valence-corrected chi connectivity index (χ1v) is 18.6. The van der Waals surface area contributed by atoms with E-state index in [0.29, 0.717) is 5.89 Å². The number of thiophene rings is 1. The summed E-state index contributed by atoms with van der Waals surface area (Å²) in [4.78, 5) is 7.23. The molecule has 0 atom stereocenters. The van der Waals surface area contributed by atoms with Gasteiger partial charge in [0.1, 0.15) is 5.52 Å². The van der Waals surface area contributed by atoms with Crippen molar-refractivity contribution in [1.29, 1.82) is 0 Å². The predicted octanol–water partition coefficient (Wildman–Crippen LogP) is 14.3. The maximum atomic E-state index is 6.27. The Labute approximate surface area is 311 Å². The molecule has 3 nitrogen and oxygen atoms in total. The zero-order valence-electron chi connectivity index (χ0n) is 28.7. The molecule has 0 saturated carbocycles. The summed E-state index contributed by atoms with van der Waals surface area (Å²) in [6, 6.07) is 68.8. The monoisotopic (exact) mass is 696 g/mol. The Kier molecular flexibility index (Phi) is 7.67. The van der Waals surface area contributed by atoms with Gasteiger partial charge in [-0.3, -0.25) is 0 Å². The van der Waals surface area contributed by atoms with Crippen LogP contribution in [0.5, 0.6) is 0 Å². The predicted molar refractivity (Wildman–Crippen MR) is 223 cm³/mol. The number of oxazole rings is 1. The second kappa shape index (κ2) is 13.1. The van der Waals surface area contributed by atoms with Crippen molar-refractivity contribution in [2.24, 2.45) is 0 Å². The molecule has 2 heterocycles. The van der Waals surface area contributed by atoms with E-state index in [0.717, 1.165) is 33.7 Å². The molecule has 0 radical (unpaired) electrons. The van der Waals surface area contributed by atoms with Crippen LogP contribution >= 0.6 is 11.3 Å². The molecule has 0 aliphatic rings. The second-order valence-electron chi connectivity index (χ2n) is 13.2. The van der Waals surface area contributed by atoms with Crippen LogP contribution in [0, 0.1) is 0 Å². The largest absolute Gasteiger partial charge is 0.436 e. The van der Waals surface area contributed by atoms with Gasteiger partial charge in [0.05, 0.1) is 5.69 Å². The Morgan fingerprint density at radius 2 is 0.943 bits per heavy atom. The third kappa shape index (κ3) is 5.76. The van der Waals surface area contributed by atoms with E-state index in [1.54, 1.807) is 11.3 Å². The van der Waals surface area contributed by atoms with Crippen LogP contribution in [0.2, 0.25) is 0 Å². The lowest BCUT2D eigenvalue weighted by Gasteiger charge is -2.28. The van der Waals surface area contributed by atoms with Crippen molar-refractivity contribution < 1.29 is 4.42 Å². The molecule has 0 N–H and O–H groups in total. The van der Waals surface area contributed by atoms with Gasteiger partial charge in [-0.15, -0.1) is 11.3 Å². The first kappa shape index (κ1) is 31.0. The van der Waals surface area contributed by atoms with E-state index in [1.807, 2.05) is 30.3 Å². The second-order valence-corrected chi connectivity index (χ2v) is 14.3. The normalized spacial score (nSPS) is 11.4. The molecule has 0 amide bonds. The maximum absolute atomic E-state index is 6.27. The van der Waals surface area contributed by atoms with Crippen LogP contribution in [0.1, 0.15) is 0 Å². The standard InChI is InChI=1S/C49H32N2OS/c1-4-12-33(13-5-1)34-20-22-35(23-21-34)36-24-26-39(27-25-36)51(45-19-11-10-18-41(45)37-14-6-2-7-15-37)40-28-29-42-43-31-46-44(32-48(43)53-47(42)30-40)50-49(52-46)38-16-8-3-9-17-38/h1-32H. The van der Waals surface area contributed by atoms with Crippen LogP contribution in [0.4, 0.5) is 17.1 Å². The van der Waals surface area contributed by atoms with Crippen molar-refractivity contribution in [2.45, 2.75) is 0 Å². The molecule has 0 bridgehead atoms. The van der Waals surface area contributed by atoms with E-state index in [2.05, 4.69) is 169 Å². The van der Waals surface area contributed by atoms with Crippen molar-refractivity contribution in [3.63, 3.8) is 0 Å². The number of benzene rings is 8. The summed E-state index contributed by atoms with van der Waals surface area (Å²) in [5.74, 6) is 0.646. The maximum Gasteiger partial charge on any atom is 0.227 e. The van der Waals surface area contributed by atoms with E-state index >= 15 is 0 Å². The zero-order valence-corrected chi connectivity index (χ0v) is 29.5. The molecule has 10 aromatic rings. The molecule has 8 aromatic carbocycles. The van der Waals surface area contributed by atoms with Gasteiger partial charge in [-0.05, 0) is 82.4 Å². The molecule has 2 aromatic heterocycles. The molecular weight excluding hydrogens is 665 g/mol. The SMILES string of the molecule is c1ccc(-c2ccc(-c3ccc(N(c4ccc5c(c4)sc4cc6nc(-c7ccccc7)oc6cc45)c4ccccc4-c4ccccc4)cc3)cc2)cc1. The lowest BCUT2D eigenvalue weighted by Crippen LogP contribution is -2.11. The van der Waals surface area contributed by atoms with Crippen molar-refractivity contribution in [3.05, 3.63) is 194 Å². The molecular formula is C49H32N2OS. The molecule has 0 saturated heterocycles. The number of anilines is 3. The Balaban J connectivity index is 1.06. The molecule has 10 rings (SSSR count). The number of rotatable bonds is 7. The lowest BCUT2D eigenvalue weighted by atomic mass is 9.99. The molecule has 0 unspecified atom stereocenters. The van der Waals surface area contributed by atoms with Crippen LogP contribution in [-0.2, 0) is 0 Å². The van der Waals surface area contributed by atoms with Crippen molar-refractivity contribution in [1.82, 2.24) is 4.98 Å². The van der Waals surface area contributed by atoms with Gasteiger partial charge in [-0.25, -0.2) is 4.98 Å². The van der Waals surface area contributed by atoms with Gasteiger partial charge in [0.2, 0.25) is 5.89 Å². The molecule has 0 spiro atoms. The summed E-state index contributed by atoms with van der Waals surface area (Å²) in [5.41, 5.74) is 13.1. The fourth-order valence-corrected chi connectivity index (χ4v) is 8.43. The first-order valence-electron chi connectivity index (χ1n) is 17.8. The van der Waals surface area contributed by atoms with E-state index in [4.69, 9.17) is 9.40 Å². The van der Waals surface area contributed by atoms with E-state index in [9.17, 15) is 0 Å². The number of nitrogens with zero attached hydrogens (tertiary/aromatic N) is 2. The summed E-state index contributed by atoms with van der Waals surface area (Å²) in [5, 5.41) is 2.39. The smallest absolute Gasteiger partial charge is 0.227 e. The molecule has 0 fully saturated rings. The number of aromatic nitrogens is 1. The van der Waals surface area contributed by atoms with Gasteiger partial charge in [0.15, 0.2) is 5.58 Å². The summed E-state index contributed by atoms with van der Waals surface area (Å²) in [7, 11) is 0. The van der Waals surface area contributed by atoms with Crippen LogP contribution < -0.4 is 4.90 Å². The average molecular weight is 697 g/mol. The van der Waals surface area contributed by atoms with Crippen LogP contribution in [0.25, 0.3) is 76.1 Å². The zero-order chi connectivity index (χ0) is 35.1. The van der Waals surface area contributed by atoms with E-state index < -0.39 is 0 Å². The number of para-hydroxylation sites is 1.